The van der Waals surface area contributed by atoms with E-state index >= 15 is 0 Å². The molecule has 1 aromatic heterocycles. The lowest BCUT2D eigenvalue weighted by molar-refractivity contribution is -0.0717. The zero-order valence-electron chi connectivity index (χ0n) is 14.3. The number of hydrogen-bond acceptors (Lipinski definition) is 5. The Kier molecular flexibility index (Phi) is 4.13. The number of aliphatic hydroxyl groups is 1. The van der Waals surface area contributed by atoms with Crippen molar-refractivity contribution >= 4 is 22.8 Å². The van der Waals surface area contributed by atoms with E-state index in [0.29, 0.717) is 43.2 Å². The van der Waals surface area contributed by atoms with E-state index in [2.05, 4.69) is 10.3 Å². The van der Waals surface area contributed by atoms with Gasteiger partial charge in [0, 0.05) is 50.8 Å². The lowest BCUT2D eigenvalue weighted by Gasteiger charge is -2.35. The molecular formula is C18H23N3O4. The van der Waals surface area contributed by atoms with Gasteiger partial charge in [-0.25, -0.2) is 9.78 Å². The molecule has 2 fully saturated rings. The van der Waals surface area contributed by atoms with Crippen LogP contribution in [0.25, 0.3) is 11.1 Å². The van der Waals surface area contributed by atoms with Crippen LogP contribution in [0.2, 0.25) is 0 Å². The number of carbonyl (C=O) groups excluding carboxylic acids is 1. The van der Waals surface area contributed by atoms with Gasteiger partial charge in [-0.1, -0.05) is 0 Å². The Bertz CT molecular complexity index is 778. The van der Waals surface area contributed by atoms with Crippen LogP contribution in [0.3, 0.4) is 0 Å². The molecule has 1 saturated carbocycles. The minimum atomic E-state index is -0.877. The first-order chi connectivity index (χ1) is 12.0. The number of urea groups is 1. The largest absolute Gasteiger partial charge is 0.440 e. The topological polar surface area (TPSA) is 87.8 Å². The summed E-state index contributed by atoms with van der Waals surface area (Å²) in [5.74, 6) is 1.24. The number of nitrogens with one attached hydrogen (secondary N) is 1. The van der Waals surface area contributed by atoms with Crippen LogP contribution < -0.4 is 5.32 Å². The minimum Gasteiger partial charge on any atom is -0.440 e. The van der Waals surface area contributed by atoms with Crippen molar-refractivity contribution in [3.05, 3.63) is 24.1 Å². The average Bonchev–Trinajstić information content (AvgIpc) is 3.34. The molecule has 2 aliphatic rings. The molecule has 1 saturated heterocycles. The van der Waals surface area contributed by atoms with Gasteiger partial charge in [-0.05, 0) is 25.0 Å². The zero-order valence-corrected chi connectivity index (χ0v) is 14.3. The number of aromatic nitrogens is 1. The van der Waals surface area contributed by atoms with E-state index in [0.717, 1.165) is 24.2 Å². The standard InChI is InChI=1S/C18H23N3O4/c1-21(11-18(23)6-8-24-9-7-18)17(22)19-13-4-5-14-15(10-13)25-16(20-14)12-2-3-12/h4-5,10,12,23H,2-3,6-9,11H2,1H3,(H,19,22). The summed E-state index contributed by atoms with van der Waals surface area (Å²) in [5, 5.41) is 13.4. The third-order valence-electron chi connectivity index (χ3n) is 4.88. The van der Waals surface area contributed by atoms with Crippen molar-refractivity contribution in [2.24, 2.45) is 0 Å². The molecule has 0 spiro atoms. The SMILES string of the molecule is CN(CC1(O)CCOCC1)C(=O)Nc1ccc2nc(C3CC3)oc2c1. The van der Waals surface area contributed by atoms with Gasteiger partial charge in [0.05, 0.1) is 12.1 Å². The lowest BCUT2D eigenvalue weighted by atomic mass is 9.94. The number of oxazole rings is 1. The maximum Gasteiger partial charge on any atom is 0.321 e. The maximum absolute atomic E-state index is 12.4. The van der Waals surface area contributed by atoms with Gasteiger partial charge in [-0.2, -0.15) is 0 Å². The van der Waals surface area contributed by atoms with Crippen LogP contribution in [0.1, 0.15) is 37.5 Å². The first kappa shape index (κ1) is 16.4. The Morgan fingerprint density at radius 3 is 2.88 bits per heavy atom. The van der Waals surface area contributed by atoms with Crippen LogP contribution >= 0.6 is 0 Å². The van der Waals surface area contributed by atoms with Crippen LogP contribution in [0.4, 0.5) is 10.5 Å². The smallest absolute Gasteiger partial charge is 0.321 e. The summed E-state index contributed by atoms with van der Waals surface area (Å²) < 4.78 is 11.1. The summed E-state index contributed by atoms with van der Waals surface area (Å²) in [5.41, 5.74) is 1.27. The highest BCUT2D eigenvalue weighted by molar-refractivity contribution is 5.91. The van der Waals surface area contributed by atoms with Crippen molar-refractivity contribution in [3.8, 4) is 0 Å². The van der Waals surface area contributed by atoms with E-state index < -0.39 is 5.60 Å². The van der Waals surface area contributed by atoms with E-state index in [4.69, 9.17) is 9.15 Å². The molecule has 0 atom stereocenters. The second kappa shape index (κ2) is 6.31. The molecule has 2 aromatic rings. The number of rotatable bonds is 4. The first-order valence-electron chi connectivity index (χ1n) is 8.75. The summed E-state index contributed by atoms with van der Waals surface area (Å²) in [7, 11) is 1.68. The highest BCUT2D eigenvalue weighted by atomic mass is 16.5. The molecule has 25 heavy (non-hydrogen) atoms. The molecule has 1 aliphatic heterocycles. The molecular weight excluding hydrogens is 322 g/mol. The predicted molar refractivity (Wildman–Crippen MR) is 92.6 cm³/mol. The summed E-state index contributed by atoms with van der Waals surface area (Å²) >= 11 is 0. The molecule has 2 N–H and O–H groups in total. The van der Waals surface area contributed by atoms with Gasteiger partial charge in [-0.3, -0.25) is 0 Å². The van der Waals surface area contributed by atoms with E-state index in [1.54, 1.807) is 13.1 Å². The van der Waals surface area contributed by atoms with Crippen LogP contribution in [-0.2, 0) is 4.74 Å². The number of nitrogens with zero attached hydrogens (tertiary/aromatic N) is 2. The second-order valence-corrected chi connectivity index (χ2v) is 7.13. The van der Waals surface area contributed by atoms with E-state index in [-0.39, 0.29) is 12.6 Å². The van der Waals surface area contributed by atoms with Gasteiger partial charge in [0.1, 0.15) is 5.52 Å². The first-order valence-corrected chi connectivity index (χ1v) is 8.75. The fourth-order valence-electron chi connectivity index (χ4n) is 3.17. The van der Waals surface area contributed by atoms with Gasteiger partial charge < -0.3 is 24.5 Å². The van der Waals surface area contributed by atoms with E-state index in [1.165, 1.54) is 4.90 Å². The zero-order chi connectivity index (χ0) is 17.4. The van der Waals surface area contributed by atoms with Gasteiger partial charge in [0.2, 0.25) is 0 Å². The normalized spacial score (nSPS) is 19.8. The molecule has 2 amide bonds. The quantitative estimate of drug-likeness (QED) is 0.889. The number of carbonyl (C=O) groups is 1. The summed E-state index contributed by atoms with van der Waals surface area (Å²) in [6, 6.07) is 5.20. The molecule has 4 rings (SSSR count). The van der Waals surface area contributed by atoms with Crippen LogP contribution in [0.15, 0.2) is 22.6 Å². The number of benzene rings is 1. The molecule has 2 heterocycles. The monoisotopic (exact) mass is 345 g/mol. The molecule has 0 unspecified atom stereocenters. The van der Waals surface area contributed by atoms with Gasteiger partial charge in [0.25, 0.3) is 0 Å². The third kappa shape index (κ3) is 3.62. The van der Waals surface area contributed by atoms with Crippen molar-refractivity contribution in [3.63, 3.8) is 0 Å². The van der Waals surface area contributed by atoms with Crippen molar-refractivity contribution in [2.45, 2.75) is 37.2 Å². The van der Waals surface area contributed by atoms with Gasteiger partial charge in [-0.15, -0.1) is 0 Å². The molecule has 0 bridgehead atoms. The molecule has 7 nitrogen and oxygen atoms in total. The fraction of sp³-hybridized carbons (Fsp3) is 0.556. The molecule has 1 aliphatic carbocycles. The number of anilines is 1. The van der Waals surface area contributed by atoms with Crippen molar-refractivity contribution in [2.75, 3.05) is 32.1 Å². The molecule has 134 valence electrons. The Balaban J connectivity index is 1.41. The van der Waals surface area contributed by atoms with Crippen LogP contribution in [0, 0.1) is 0 Å². The third-order valence-corrected chi connectivity index (χ3v) is 4.88. The van der Waals surface area contributed by atoms with Crippen LogP contribution in [0.5, 0.6) is 0 Å². The van der Waals surface area contributed by atoms with Crippen LogP contribution in [-0.4, -0.2) is 53.4 Å². The Morgan fingerprint density at radius 2 is 2.16 bits per heavy atom. The van der Waals surface area contributed by atoms with Gasteiger partial charge >= 0.3 is 6.03 Å². The Morgan fingerprint density at radius 1 is 1.40 bits per heavy atom. The Labute approximate surface area is 146 Å². The highest BCUT2D eigenvalue weighted by Crippen LogP contribution is 2.40. The lowest BCUT2D eigenvalue weighted by Crippen LogP contribution is -2.48. The molecule has 0 radical (unpaired) electrons. The second-order valence-electron chi connectivity index (χ2n) is 7.13. The van der Waals surface area contributed by atoms with Crippen molar-refractivity contribution < 1.29 is 19.1 Å². The number of ether oxygens (including phenoxy) is 1. The molecule has 7 heteroatoms. The maximum atomic E-state index is 12.4. The van der Waals surface area contributed by atoms with Crippen molar-refractivity contribution in [1.82, 2.24) is 9.88 Å². The highest BCUT2D eigenvalue weighted by Gasteiger charge is 2.32. The Hall–Kier alpha value is -2.12. The summed E-state index contributed by atoms with van der Waals surface area (Å²) in [6.45, 7) is 1.33. The van der Waals surface area contributed by atoms with Crippen molar-refractivity contribution in [1.29, 1.82) is 0 Å². The van der Waals surface area contributed by atoms with E-state index in [1.807, 2.05) is 12.1 Å². The number of fused-ring (bicyclic) bond motifs is 1. The number of hydrogen-bond donors (Lipinski definition) is 2. The molecule has 1 aromatic carbocycles. The van der Waals surface area contributed by atoms with E-state index in [9.17, 15) is 9.90 Å². The average molecular weight is 345 g/mol. The predicted octanol–water partition coefficient (Wildman–Crippen LogP) is 2.71. The fourth-order valence-corrected chi connectivity index (χ4v) is 3.17. The number of amides is 2. The summed E-state index contributed by atoms with van der Waals surface area (Å²) in [6.07, 6.45) is 3.35. The minimum absolute atomic E-state index is 0.263. The summed E-state index contributed by atoms with van der Waals surface area (Å²) in [4.78, 5) is 18.4. The number of likely N-dealkylation sites (N-methyl/N-ethyl adjacent to an activating group) is 1. The van der Waals surface area contributed by atoms with Gasteiger partial charge in [0.15, 0.2) is 11.5 Å².